The van der Waals surface area contributed by atoms with Gasteiger partial charge in [0.1, 0.15) is 11.6 Å². The maximum atomic E-state index is 9.84. The molecule has 1 aromatic heterocycles. The fraction of sp³-hybridized carbons (Fsp3) is 0.217. The summed E-state index contributed by atoms with van der Waals surface area (Å²) in [5, 5.41) is 18.3. The zero-order valence-corrected chi connectivity index (χ0v) is 19.5. The molecule has 1 aliphatic heterocycles. The van der Waals surface area contributed by atoms with Crippen LogP contribution in [0.15, 0.2) is 46.7 Å². The number of aromatic nitrogens is 2. The summed E-state index contributed by atoms with van der Waals surface area (Å²) in [6, 6.07) is 12.0. The fourth-order valence-electron chi connectivity index (χ4n) is 3.84. The van der Waals surface area contributed by atoms with Crippen LogP contribution in [-0.4, -0.2) is 10.2 Å². The minimum absolute atomic E-state index is 0.0908. The van der Waals surface area contributed by atoms with Crippen LogP contribution in [0.3, 0.4) is 0 Å². The molecule has 31 heavy (non-hydrogen) atoms. The summed E-state index contributed by atoms with van der Waals surface area (Å²) in [4.78, 5) is 0.927. The lowest BCUT2D eigenvalue weighted by Crippen LogP contribution is -2.21. The van der Waals surface area contributed by atoms with Crippen molar-refractivity contribution >= 4 is 35.0 Å². The number of benzene rings is 2. The first-order valence-corrected chi connectivity index (χ1v) is 11.3. The van der Waals surface area contributed by atoms with E-state index in [-0.39, 0.29) is 11.8 Å². The molecule has 0 amide bonds. The van der Waals surface area contributed by atoms with E-state index in [2.05, 4.69) is 35.3 Å². The van der Waals surface area contributed by atoms with Crippen LogP contribution in [0.2, 0.25) is 10.0 Å². The van der Waals surface area contributed by atoms with Crippen molar-refractivity contribution in [2.45, 2.75) is 37.3 Å². The summed E-state index contributed by atoms with van der Waals surface area (Å²) in [5.41, 5.74) is 12.5. The molecule has 3 aromatic rings. The maximum absolute atomic E-state index is 9.84. The number of nitrogens with two attached hydrogens (primary N) is 1. The minimum Gasteiger partial charge on any atom is -0.420 e. The van der Waals surface area contributed by atoms with Gasteiger partial charge in [0, 0.05) is 26.9 Å². The molecule has 4 rings (SSSR count). The summed E-state index contributed by atoms with van der Waals surface area (Å²) in [5.74, 6) is 0.876. The van der Waals surface area contributed by atoms with E-state index in [1.54, 1.807) is 23.9 Å². The Balaban J connectivity index is 1.77. The van der Waals surface area contributed by atoms with Crippen molar-refractivity contribution in [1.82, 2.24) is 10.2 Å². The van der Waals surface area contributed by atoms with Gasteiger partial charge in [-0.25, -0.2) is 0 Å². The maximum Gasteiger partial charge on any atom is 0.244 e. The minimum atomic E-state index is -0.341. The lowest BCUT2D eigenvalue weighted by molar-refractivity contribution is 0.378. The number of ether oxygens (including phenoxy) is 1. The number of allylic oxidation sites excluding steroid dienone is 1. The van der Waals surface area contributed by atoms with Gasteiger partial charge in [-0.05, 0) is 61.2 Å². The fourth-order valence-corrected chi connectivity index (χ4v) is 5.39. The number of hydrogen-bond acceptors (Lipinski definition) is 5. The highest BCUT2D eigenvalue weighted by Crippen LogP contribution is 2.44. The molecule has 1 atom stereocenters. The molecule has 0 saturated carbocycles. The van der Waals surface area contributed by atoms with Crippen LogP contribution in [-0.2, 0) is 5.75 Å². The summed E-state index contributed by atoms with van der Waals surface area (Å²) >= 11 is 14.1. The quantitative estimate of drug-likeness (QED) is 0.446. The topological polar surface area (TPSA) is 87.7 Å². The number of hydrogen-bond donors (Lipinski definition) is 2. The molecule has 0 radical (unpaired) electrons. The van der Waals surface area contributed by atoms with E-state index < -0.39 is 0 Å². The third-order valence-electron chi connectivity index (χ3n) is 5.44. The molecular weight excluding hydrogens is 451 g/mol. The average molecular weight is 471 g/mol. The molecule has 0 fully saturated rings. The molecule has 5 nitrogen and oxygen atoms in total. The molecule has 158 valence electrons. The lowest BCUT2D eigenvalue weighted by atomic mass is 9.81. The van der Waals surface area contributed by atoms with E-state index >= 15 is 0 Å². The van der Waals surface area contributed by atoms with Gasteiger partial charge in [-0.3, -0.25) is 5.10 Å². The van der Waals surface area contributed by atoms with Crippen molar-refractivity contribution in [3.8, 4) is 11.9 Å². The normalized spacial score (nSPS) is 15.4. The number of fused-ring (bicyclic) bond motifs is 1. The third-order valence-corrected chi connectivity index (χ3v) is 7.22. The van der Waals surface area contributed by atoms with E-state index in [9.17, 15) is 5.26 Å². The second-order valence-corrected chi connectivity index (χ2v) is 9.35. The molecule has 0 aliphatic carbocycles. The predicted molar refractivity (Wildman–Crippen MR) is 125 cm³/mol. The SMILES string of the molecule is Cc1cc(C)c([C@@H]2C(C#N)=C(N)Oc3n[nH]c(C)c32)cc1CSc1cc(Cl)ccc1Cl. The number of aryl methyl sites for hydroxylation is 3. The van der Waals surface area contributed by atoms with Crippen LogP contribution in [0, 0.1) is 32.1 Å². The molecule has 0 bridgehead atoms. The number of nitrogens with one attached hydrogen (secondary N) is 1. The van der Waals surface area contributed by atoms with E-state index in [1.807, 2.05) is 19.9 Å². The number of rotatable bonds is 4. The monoisotopic (exact) mass is 470 g/mol. The van der Waals surface area contributed by atoms with E-state index in [4.69, 9.17) is 33.7 Å². The van der Waals surface area contributed by atoms with Gasteiger partial charge in [0.2, 0.25) is 11.8 Å². The zero-order valence-electron chi connectivity index (χ0n) is 17.2. The molecule has 8 heteroatoms. The molecule has 0 unspecified atom stereocenters. The smallest absolute Gasteiger partial charge is 0.244 e. The van der Waals surface area contributed by atoms with Crippen LogP contribution < -0.4 is 10.5 Å². The number of nitriles is 1. The van der Waals surface area contributed by atoms with Crippen molar-refractivity contribution < 1.29 is 4.74 Å². The van der Waals surface area contributed by atoms with Gasteiger partial charge < -0.3 is 10.5 Å². The lowest BCUT2D eigenvalue weighted by Gasteiger charge is -2.26. The molecule has 0 saturated heterocycles. The molecule has 3 N–H and O–H groups in total. The van der Waals surface area contributed by atoms with Gasteiger partial charge in [0.05, 0.1) is 10.9 Å². The van der Waals surface area contributed by atoms with E-state index in [1.165, 1.54) is 5.56 Å². The van der Waals surface area contributed by atoms with Gasteiger partial charge in [-0.1, -0.05) is 35.3 Å². The molecule has 1 aliphatic rings. The van der Waals surface area contributed by atoms with Crippen molar-refractivity contribution in [2.24, 2.45) is 5.73 Å². The first-order chi connectivity index (χ1) is 14.8. The Kier molecular flexibility index (Phi) is 5.94. The number of halogens is 2. The summed E-state index contributed by atoms with van der Waals surface area (Å²) in [7, 11) is 0. The Morgan fingerprint density at radius 2 is 1.97 bits per heavy atom. The van der Waals surface area contributed by atoms with Crippen LogP contribution in [0.4, 0.5) is 0 Å². The summed E-state index contributed by atoms with van der Waals surface area (Å²) in [6.45, 7) is 6.04. The van der Waals surface area contributed by atoms with Crippen molar-refractivity contribution in [1.29, 1.82) is 5.26 Å². The van der Waals surface area contributed by atoms with Crippen molar-refractivity contribution in [3.63, 3.8) is 0 Å². The van der Waals surface area contributed by atoms with Gasteiger partial charge in [-0.15, -0.1) is 16.9 Å². The van der Waals surface area contributed by atoms with Crippen LogP contribution in [0.25, 0.3) is 0 Å². The highest BCUT2D eigenvalue weighted by molar-refractivity contribution is 7.98. The number of nitrogens with zero attached hydrogens (tertiary/aromatic N) is 2. The van der Waals surface area contributed by atoms with Gasteiger partial charge in [-0.2, -0.15) is 5.26 Å². The second kappa shape index (κ2) is 8.51. The number of H-pyrrole nitrogens is 1. The highest BCUT2D eigenvalue weighted by Gasteiger charge is 2.35. The van der Waals surface area contributed by atoms with Crippen LogP contribution in [0.1, 0.15) is 39.4 Å². The zero-order chi connectivity index (χ0) is 22.3. The van der Waals surface area contributed by atoms with Gasteiger partial charge in [0.25, 0.3) is 0 Å². The summed E-state index contributed by atoms with van der Waals surface area (Å²) < 4.78 is 5.59. The molecule has 2 aromatic carbocycles. The summed E-state index contributed by atoms with van der Waals surface area (Å²) in [6.07, 6.45) is 0. The average Bonchev–Trinajstić information content (AvgIpc) is 3.09. The Labute approximate surface area is 195 Å². The predicted octanol–water partition coefficient (Wildman–Crippen LogP) is 6.15. The first kappa shape index (κ1) is 21.6. The van der Waals surface area contributed by atoms with Crippen molar-refractivity contribution in [2.75, 3.05) is 0 Å². The number of aromatic amines is 1. The van der Waals surface area contributed by atoms with Crippen molar-refractivity contribution in [3.05, 3.63) is 85.3 Å². The Morgan fingerprint density at radius 1 is 1.19 bits per heavy atom. The first-order valence-electron chi connectivity index (χ1n) is 9.60. The Hall–Kier alpha value is -2.59. The molecule has 0 spiro atoms. The molecule has 2 heterocycles. The van der Waals surface area contributed by atoms with Gasteiger partial charge >= 0.3 is 0 Å². The number of thioether (sulfide) groups is 1. The van der Waals surface area contributed by atoms with Gasteiger partial charge in [0.15, 0.2) is 0 Å². The van der Waals surface area contributed by atoms with Crippen LogP contribution >= 0.6 is 35.0 Å². The standard InChI is InChI=1S/C23H20Cl2N4OS/c1-11-6-12(2)16(7-14(11)10-31-19-8-15(24)4-5-18(19)25)21-17(9-26)22(27)30-23-20(21)13(3)28-29-23/h4-8,21H,10,27H2,1-3H3,(H,28,29)/t21-/m1/s1. The largest absolute Gasteiger partial charge is 0.420 e. The van der Waals surface area contributed by atoms with E-state index in [0.717, 1.165) is 32.8 Å². The Bertz CT molecular complexity index is 1260. The highest BCUT2D eigenvalue weighted by atomic mass is 35.5. The molecular formula is C23H20Cl2N4OS. The Morgan fingerprint density at radius 3 is 2.71 bits per heavy atom. The van der Waals surface area contributed by atoms with E-state index in [0.29, 0.717) is 27.3 Å². The second-order valence-electron chi connectivity index (χ2n) is 7.49. The third kappa shape index (κ3) is 4.01. The van der Waals surface area contributed by atoms with Crippen LogP contribution in [0.5, 0.6) is 5.88 Å².